The number of carboxylic acid groups (broad SMARTS) is 1. The highest BCUT2D eigenvalue weighted by Gasteiger charge is 2.26. The van der Waals surface area contributed by atoms with Crippen molar-refractivity contribution in [2.75, 3.05) is 0 Å². The van der Waals surface area contributed by atoms with Gasteiger partial charge in [0.1, 0.15) is 11.9 Å². The Kier molecular flexibility index (Phi) is 5.38. The molecule has 102 valence electrons. The van der Waals surface area contributed by atoms with Gasteiger partial charge in [-0.2, -0.15) is 0 Å². The fourth-order valence-electron chi connectivity index (χ4n) is 2.20. The van der Waals surface area contributed by atoms with Gasteiger partial charge in [-0.3, -0.25) is 0 Å². The monoisotopic (exact) mass is 253 g/mol. The van der Waals surface area contributed by atoms with Gasteiger partial charge in [-0.25, -0.2) is 13.9 Å². The Balaban J connectivity index is 2.84. The lowest BCUT2D eigenvalue weighted by molar-refractivity contribution is -0.714. The standard InChI is InChI=1S/C14H24N2O2/c1-5-6-7-8-9-13-15(4)11(2)10-16(13)12(3)14(17)18/h10,12H,5-9H2,1-4H3/p+1. The minimum atomic E-state index is -0.777. The van der Waals surface area contributed by atoms with Gasteiger partial charge in [-0.15, -0.1) is 0 Å². The van der Waals surface area contributed by atoms with Gasteiger partial charge in [-0.05, 0) is 13.3 Å². The third kappa shape index (κ3) is 3.34. The van der Waals surface area contributed by atoms with Gasteiger partial charge in [0.2, 0.25) is 0 Å². The van der Waals surface area contributed by atoms with Crippen LogP contribution in [0.1, 0.15) is 57.1 Å². The zero-order valence-corrected chi connectivity index (χ0v) is 11.9. The van der Waals surface area contributed by atoms with Gasteiger partial charge in [-0.1, -0.05) is 26.2 Å². The molecule has 0 saturated carbocycles. The van der Waals surface area contributed by atoms with Gasteiger partial charge < -0.3 is 5.11 Å². The molecule has 0 bridgehead atoms. The molecular weight excluding hydrogens is 228 g/mol. The summed E-state index contributed by atoms with van der Waals surface area (Å²) in [5.74, 6) is 0.332. The predicted octanol–water partition coefficient (Wildman–Crippen LogP) is 2.39. The lowest BCUT2D eigenvalue weighted by Crippen LogP contribution is -2.44. The molecule has 4 heteroatoms. The summed E-state index contributed by atoms with van der Waals surface area (Å²) < 4.78 is 4.00. The van der Waals surface area contributed by atoms with Crippen LogP contribution in [0.2, 0.25) is 0 Å². The Labute approximate surface area is 109 Å². The van der Waals surface area contributed by atoms with Crippen LogP contribution in [0, 0.1) is 6.92 Å². The van der Waals surface area contributed by atoms with Crippen molar-refractivity contribution in [1.29, 1.82) is 0 Å². The first kappa shape index (κ1) is 14.7. The first-order valence-corrected chi connectivity index (χ1v) is 6.78. The van der Waals surface area contributed by atoms with Crippen molar-refractivity contribution in [2.45, 2.75) is 58.9 Å². The summed E-state index contributed by atoms with van der Waals surface area (Å²) >= 11 is 0. The summed E-state index contributed by atoms with van der Waals surface area (Å²) in [7, 11) is 2.01. The van der Waals surface area contributed by atoms with Gasteiger partial charge in [0.25, 0.3) is 5.82 Å². The fraction of sp³-hybridized carbons (Fsp3) is 0.714. The van der Waals surface area contributed by atoms with Crippen LogP contribution in [0.25, 0.3) is 0 Å². The quantitative estimate of drug-likeness (QED) is 0.599. The van der Waals surface area contributed by atoms with E-state index in [0.29, 0.717) is 0 Å². The van der Waals surface area contributed by atoms with E-state index in [9.17, 15) is 4.79 Å². The molecule has 1 aromatic heterocycles. The van der Waals surface area contributed by atoms with Gasteiger partial charge in [0, 0.05) is 13.3 Å². The molecule has 0 aromatic carbocycles. The molecule has 0 aliphatic carbocycles. The molecule has 0 aliphatic rings. The molecule has 1 unspecified atom stereocenters. The number of aromatic nitrogens is 2. The zero-order valence-electron chi connectivity index (χ0n) is 11.9. The first-order chi connectivity index (χ1) is 8.49. The fourth-order valence-corrected chi connectivity index (χ4v) is 2.20. The second-order valence-electron chi connectivity index (χ2n) is 4.98. The summed E-state index contributed by atoms with van der Waals surface area (Å²) in [6.07, 6.45) is 7.69. The molecule has 4 nitrogen and oxygen atoms in total. The number of rotatable bonds is 7. The SMILES string of the molecule is CCCCCCc1n(C)c(C)c[n+]1C(C)C(=O)O. The number of nitrogens with zero attached hydrogens (tertiary/aromatic N) is 2. The summed E-state index contributed by atoms with van der Waals surface area (Å²) in [6, 6.07) is -0.494. The number of hydrogen-bond donors (Lipinski definition) is 1. The highest BCUT2D eigenvalue weighted by molar-refractivity contribution is 5.69. The molecule has 0 saturated heterocycles. The molecule has 0 spiro atoms. The lowest BCUT2D eigenvalue weighted by atomic mass is 10.1. The second-order valence-corrected chi connectivity index (χ2v) is 4.98. The van der Waals surface area contributed by atoms with Crippen molar-refractivity contribution in [3.8, 4) is 0 Å². The van der Waals surface area contributed by atoms with Crippen molar-refractivity contribution >= 4 is 5.97 Å². The van der Waals surface area contributed by atoms with E-state index >= 15 is 0 Å². The Morgan fingerprint density at radius 3 is 2.67 bits per heavy atom. The van der Waals surface area contributed by atoms with E-state index in [4.69, 9.17) is 5.11 Å². The van der Waals surface area contributed by atoms with Crippen LogP contribution in [0.15, 0.2) is 6.20 Å². The van der Waals surface area contributed by atoms with E-state index in [1.807, 2.05) is 24.7 Å². The van der Waals surface area contributed by atoms with Crippen LogP contribution < -0.4 is 4.57 Å². The van der Waals surface area contributed by atoms with Gasteiger partial charge >= 0.3 is 5.97 Å². The summed E-state index contributed by atoms with van der Waals surface area (Å²) in [5, 5.41) is 9.14. The van der Waals surface area contributed by atoms with Crippen LogP contribution in [0.3, 0.4) is 0 Å². The summed E-state index contributed by atoms with van der Waals surface area (Å²) in [4.78, 5) is 11.1. The zero-order chi connectivity index (χ0) is 13.7. The molecule has 1 rings (SSSR count). The molecule has 0 aliphatic heterocycles. The number of unbranched alkanes of at least 4 members (excludes halogenated alkanes) is 3. The molecule has 1 atom stereocenters. The molecule has 1 heterocycles. The Morgan fingerprint density at radius 1 is 1.44 bits per heavy atom. The molecule has 18 heavy (non-hydrogen) atoms. The van der Waals surface area contributed by atoms with Crippen LogP contribution >= 0.6 is 0 Å². The van der Waals surface area contributed by atoms with E-state index in [-0.39, 0.29) is 0 Å². The first-order valence-electron chi connectivity index (χ1n) is 6.78. The van der Waals surface area contributed by atoms with Crippen molar-refractivity contribution in [3.63, 3.8) is 0 Å². The minimum Gasteiger partial charge on any atom is -0.478 e. The number of aliphatic carboxylic acids is 1. The number of carbonyl (C=O) groups is 1. The average Bonchev–Trinajstić information content (AvgIpc) is 2.61. The Bertz CT molecular complexity index is 410. The number of imidazole rings is 1. The molecule has 1 N–H and O–H groups in total. The van der Waals surface area contributed by atoms with Crippen molar-refractivity contribution in [1.82, 2.24) is 4.57 Å². The predicted molar refractivity (Wildman–Crippen MR) is 70.5 cm³/mol. The van der Waals surface area contributed by atoms with E-state index in [1.54, 1.807) is 6.92 Å². The Hall–Kier alpha value is -1.32. The molecule has 1 aromatic rings. The maximum atomic E-state index is 11.1. The minimum absolute atomic E-state index is 0.494. The third-order valence-electron chi connectivity index (χ3n) is 3.57. The van der Waals surface area contributed by atoms with Crippen molar-refractivity contribution in [2.24, 2.45) is 7.05 Å². The van der Waals surface area contributed by atoms with Crippen LogP contribution in [-0.2, 0) is 18.3 Å². The average molecular weight is 253 g/mol. The van der Waals surface area contributed by atoms with E-state index in [1.165, 1.54) is 19.3 Å². The smallest absolute Gasteiger partial charge is 0.349 e. The van der Waals surface area contributed by atoms with E-state index in [0.717, 1.165) is 24.4 Å². The van der Waals surface area contributed by atoms with E-state index < -0.39 is 12.0 Å². The maximum absolute atomic E-state index is 11.1. The second kappa shape index (κ2) is 6.57. The van der Waals surface area contributed by atoms with Gasteiger partial charge in [0.05, 0.1) is 7.05 Å². The van der Waals surface area contributed by atoms with Crippen molar-refractivity contribution in [3.05, 3.63) is 17.7 Å². The molecule has 0 radical (unpaired) electrons. The lowest BCUT2D eigenvalue weighted by Gasteiger charge is -2.06. The molecule has 0 amide bonds. The highest BCUT2D eigenvalue weighted by Crippen LogP contribution is 2.10. The van der Waals surface area contributed by atoms with Crippen molar-refractivity contribution < 1.29 is 14.5 Å². The summed E-state index contributed by atoms with van der Waals surface area (Å²) in [5.41, 5.74) is 1.11. The highest BCUT2D eigenvalue weighted by atomic mass is 16.4. The largest absolute Gasteiger partial charge is 0.478 e. The van der Waals surface area contributed by atoms with Crippen LogP contribution in [0.4, 0.5) is 0 Å². The molecular formula is C14H25N2O2+. The van der Waals surface area contributed by atoms with E-state index in [2.05, 4.69) is 11.5 Å². The van der Waals surface area contributed by atoms with Crippen LogP contribution in [0.5, 0.6) is 0 Å². The maximum Gasteiger partial charge on any atom is 0.349 e. The third-order valence-corrected chi connectivity index (χ3v) is 3.57. The molecule has 0 fully saturated rings. The Morgan fingerprint density at radius 2 is 2.11 bits per heavy atom. The summed E-state index contributed by atoms with van der Waals surface area (Å²) in [6.45, 7) is 5.94. The topological polar surface area (TPSA) is 46.1 Å². The van der Waals surface area contributed by atoms with Gasteiger partial charge in [0.15, 0.2) is 6.04 Å². The number of hydrogen-bond acceptors (Lipinski definition) is 1. The van der Waals surface area contributed by atoms with Crippen LogP contribution in [-0.4, -0.2) is 15.6 Å². The number of aryl methyl sites for hydroxylation is 1. The number of carboxylic acids is 1. The normalized spacial score (nSPS) is 12.7.